The van der Waals surface area contributed by atoms with Crippen LogP contribution >= 0.6 is 0 Å². The van der Waals surface area contributed by atoms with Gasteiger partial charge in [0.1, 0.15) is 0 Å². The molecule has 1 aliphatic rings. The van der Waals surface area contributed by atoms with Crippen LogP contribution in [-0.4, -0.2) is 71.7 Å². The van der Waals surface area contributed by atoms with Gasteiger partial charge in [0.2, 0.25) is 15.9 Å². The van der Waals surface area contributed by atoms with E-state index in [1.54, 1.807) is 13.2 Å². The quantitative estimate of drug-likeness (QED) is 0.704. The van der Waals surface area contributed by atoms with Gasteiger partial charge in [0, 0.05) is 39.4 Å². The number of hydrogen-bond acceptors (Lipinski definition) is 5. The molecule has 22 heavy (non-hydrogen) atoms. The number of hydrogen-bond donors (Lipinski definition) is 1. The number of aromatic nitrogens is 2. The van der Waals surface area contributed by atoms with E-state index >= 15 is 0 Å². The van der Waals surface area contributed by atoms with Crippen LogP contribution < -0.4 is 5.73 Å². The van der Waals surface area contributed by atoms with E-state index in [0.717, 1.165) is 6.26 Å². The topological polar surface area (TPSA) is 119 Å². The third-order valence-corrected chi connectivity index (χ3v) is 4.86. The molecule has 10 heteroatoms. The Morgan fingerprint density at radius 2 is 2.00 bits per heavy atom. The minimum atomic E-state index is -3.45. The molecule has 0 radical (unpaired) electrons. The minimum absolute atomic E-state index is 0.00894. The van der Waals surface area contributed by atoms with Crippen LogP contribution in [-0.2, 0) is 21.9 Å². The van der Waals surface area contributed by atoms with Gasteiger partial charge in [-0.1, -0.05) is 0 Å². The van der Waals surface area contributed by atoms with Crippen molar-refractivity contribution in [1.82, 2.24) is 19.0 Å². The Kier molecular flexibility index (Phi) is 4.52. The van der Waals surface area contributed by atoms with Crippen LogP contribution in [0, 0.1) is 5.92 Å². The van der Waals surface area contributed by atoms with Gasteiger partial charge < -0.3 is 10.6 Å². The summed E-state index contributed by atoms with van der Waals surface area (Å²) in [6.45, 7) is 0.416. The number of nitrogens with two attached hydrogens (primary N) is 1. The van der Waals surface area contributed by atoms with Crippen molar-refractivity contribution in [2.45, 2.75) is 0 Å². The normalized spacial score (nSPS) is 20.6. The molecule has 122 valence electrons. The Labute approximate surface area is 128 Å². The summed E-state index contributed by atoms with van der Waals surface area (Å²) in [6.07, 6.45) is 4.07. The maximum atomic E-state index is 12.4. The Balaban J connectivity index is 2.23. The fourth-order valence-corrected chi connectivity index (χ4v) is 3.23. The maximum Gasteiger partial charge on any atom is 0.257 e. The molecule has 1 fully saturated rings. The molecule has 2 N–H and O–H groups in total. The molecule has 2 heterocycles. The minimum Gasteiger partial charge on any atom is -0.369 e. The van der Waals surface area contributed by atoms with Crippen LogP contribution in [0.5, 0.6) is 0 Å². The molecule has 0 saturated carbocycles. The molecular formula is C12H19N5O4S. The predicted octanol–water partition coefficient (Wildman–Crippen LogP) is -1.76. The van der Waals surface area contributed by atoms with Crippen molar-refractivity contribution in [2.75, 3.05) is 32.4 Å². The van der Waals surface area contributed by atoms with Gasteiger partial charge in [-0.15, -0.1) is 0 Å². The Morgan fingerprint density at radius 3 is 2.50 bits per heavy atom. The van der Waals surface area contributed by atoms with Crippen LogP contribution in [0.1, 0.15) is 10.4 Å². The number of carbonyl (C=O) groups is 2. The molecule has 1 aliphatic heterocycles. The molecule has 2 amide bonds. The lowest BCUT2D eigenvalue weighted by Crippen LogP contribution is -2.41. The molecule has 9 nitrogen and oxygen atoms in total. The number of nitrogens with zero attached hydrogens (tertiary/aromatic N) is 4. The smallest absolute Gasteiger partial charge is 0.257 e. The third-order valence-electron chi connectivity index (χ3n) is 3.59. The second kappa shape index (κ2) is 6.05. The molecular weight excluding hydrogens is 310 g/mol. The first kappa shape index (κ1) is 16.4. The SMILES string of the molecule is Cn1cc(C(=O)N2CCN(S(C)(=O)=O)CC(C(N)=O)C2)cn1. The lowest BCUT2D eigenvalue weighted by atomic mass is 10.1. The lowest BCUT2D eigenvalue weighted by Gasteiger charge is -2.21. The van der Waals surface area contributed by atoms with E-state index in [1.165, 1.54) is 20.1 Å². The third kappa shape index (κ3) is 3.63. The van der Waals surface area contributed by atoms with E-state index in [-0.39, 0.29) is 32.1 Å². The van der Waals surface area contributed by atoms with Crippen molar-refractivity contribution in [3.63, 3.8) is 0 Å². The highest BCUT2D eigenvalue weighted by atomic mass is 32.2. The largest absolute Gasteiger partial charge is 0.369 e. The average molecular weight is 329 g/mol. The van der Waals surface area contributed by atoms with E-state index < -0.39 is 21.8 Å². The fourth-order valence-electron chi connectivity index (χ4n) is 2.36. The van der Waals surface area contributed by atoms with E-state index in [1.807, 2.05) is 0 Å². The number of rotatable bonds is 3. The molecule has 1 aromatic rings. The van der Waals surface area contributed by atoms with Gasteiger partial charge in [-0.3, -0.25) is 14.3 Å². The summed E-state index contributed by atoms with van der Waals surface area (Å²) in [7, 11) is -1.76. The molecule has 1 aromatic heterocycles. The van der Waals surface area contributed by atoms with Gasteiger partial charge in [0.15, 0.2) is 0 Å². The zero-order valence-electron chi connectivity index (χ0n) is 12.5. The molecule has 0 bridgehead atoms. The van der Waals surface area contributed by atoms with Crippen LogP contribution in [0.25, 0.3) is 0 Å². The molecule has 1 atom stereocenters. The van der Waals surface area contributed by atoms with Crippen molar-refractivity contribution in [3.05, 3.63) is 18.0 Å². The molecule has 1 unspecified atom stereocenters. The number of carbonyl (C=O) groups excluding carboxylic acids is 2. The number of amides is 2. The van der Waals surface area contributed by atoms with Gasteiger partial charge >= 0.3 is 0 Å². The first-order valence-electron chi connectivity index (χ1n) is 6.71. The van der Waals surface area contributed by atoms with Crippen LogP contribution in [0.4, 0.5) is 0 Å². The summed E-state index contributed by atoms with van der Waals surface area (Å²) in [5, 5.41) is 3.94. The Hall–Kier alpha value is -1.94. The lowest BCUT2D eigenvalue weighted by molar-refractivity contribution is -0.122. The van der Waals surface area contributed by atoms with Gasteiger partial charge in [-0.2, -0.15) is 9.40 Å². The summed E-state index contributed by atoms with van der Waals surface area (Å²) in [4.78, 5) is 25.4. The number of sulfonamides is 1. The van der Waals surface area contributed by atoms with Gasteiger partial charge in [-0.05, 0) is 0 Å². The Morgan fingerprint density at radius 1 is 1.32 bits per heavy atom. The number of aryl methyl sites for hydroxylation is 1. The van der Waals surface area contributed by atoms with E-state index in [9.17, 15) is 18.0 Å². The van der Waals surface area contributed by atoms with Crippen molar-refractivity contribution in [2.24, 2.45) is 18.7 Å². The van der Waals surface area contributed by atoms with E-state index in [4.69, 9.17) is 5.73 Å². The monoisotopic (exact) mass is 329 g/mol. The molecule has 2 rings (SSSR count). The molecule has 0 aromatic carbocycles. The highest BCUT2D eigenvalue weighted by Crippen LogP contribution is 2.15. The first-order valence-corrected chi connectivity index (χ1v) is 8.55. The first-order chi connectivity index (χ1) is 10.2. The molecule has 0 aliphatic carbocycles. The summed E-state index contributed by atoms with van der Waals surface area (Å²) >= 11 is 0. The Bertz CT molecular complexity index is 683. The highest BCUT2D eigenvalue weighted by molar-refractivity contribution is 7.88. The molecule has 1 saturated heterocycles. The maximum absolute atomic E-state index is 12.4. The van der Waals surface area contributed by atoms with Crippen molar-refractivity contribution < 1.29 is 18.0 Å². The van der Waals surface area contributed by atoms with Crippen molar-refractivity contribution >= 4 is 21.8 Å². The van der Waals surface area contributed by atoms with E-state index in [2.05, 4.69) is 5.10 Å². The summed E-state index contributed by atoms with van der Waals surface area (Å²) in [5.41, 5.74) is 5.72. The van der Waals surface area contributed by atoms with Crippen LogP contribution in [0.2, 0.25) is 0 Å². The zero-order chi connectivity index (χ0) is 16.5. The van der Waals surface area contributed by atoms with Gasteiger partial charge in [0.25, 0.3) is 5.91 Å². The summed E-state index contributed by atoms with van der Waals surface area (Å²) in [5.74, 6) is -1.66. The fraction of sp³-hybridized carbons (Fsp3) is 0.583. The van der Waals surface area contributed by atoms with Crippen molar-refractivity contribution in [1.29, 1.82) is 0 Å². The second-order valence-corrected chi connectivity index (χ2v) is 7.36. The average Bonchev–Trinajstić information content (AvgIpc) is 2.72. The highest BCUT2D eigenvalue weighted by Gasteiger charge is 2.32. The van der Waals surface area contributed by atoms with E-state index in [0.29, 0.717) is 5.56 Å². The summed E-state index contributed by atoms with van der Waals surface area (Å²) < 4.78 is 26.1. The second-order valence-electron chi connectivity index (χ2n) is 5.37. The van der Waals surface area contributed by atoms with Crippen LogP contribution in [0.15, 0.2) is 12.4 Å². The predicted molar refractivity (Wildman–Crippen MR) is 78.2 cm³/mol. The standard InChI is InChI=1S/C12H19N5O4S/c1-15-6-9(5-14-15)12(19)16-3-4-17(22(2,20)21)8-10(7-16)11(13)18/h5-6,10H,3-4,7-8H2,1-2H3,(H2,13,18). The van der Waals surface area contributed by atoms with Gasteiger partial charge in [0.05, 0.1) is 23.9 Å². The van der Waals surface area contributed by atoms with Gasteiger partial charge in [-0.25, -0.2) is 8.42 Å². The molecule has 0 spiro atoms. The summed E-state index contributed by atoms with van der Waals surface area (Å²) in [6, 6.07) is 0. The zero-order valence-corrected chi connectivity index (χ0v) is 13.3. The number of primary amides is 1. The van der Waals surface area contributed by atoms with Crippen LogP contribution in [0.3, 0.4) is 0 Å². The van der Waals surface area contributed by atoms with Crippen molar-refractivity contribution in [3.8, 4) is 0 Å².